The van der Waals surface area contributed by atoms with Crippen LogP contribution in [-0.4, -0.2) is 55.5 Å². The predicted molar refractivity (Wildman–Crippen MR) is 60.7 cm³/mol. The highest BCUT2D eigenvalue weighted by Crippen LogP contribution is 2.16. The van der Waals surface area contributed by atoms with Crippen molar-refractivity contribution in [1.82, 2.24) is 4.90 Å². The number of nitrogens with zero attached hydrogens (tertiary/aromatic N) is 1. The lowest BCUT2D eigenvalue weighted by atomic mass is 9.99. The van der Waals surface area contributed by atoms with Gasteiger partial charge in [-0.3, -0.25) is 0 Å². The molecule has 90 valence electrons. The highest BCUT2D eigenvalue weighted by atomic mass is 16.5. The first-order valence-electron chi connectivity index (χ1n) is 5.72. The number of likely N-dealkylation sites (N-methyl/N-ethyl adjacent to an activating group) is 1. The highest BCUT2D eigenvalue weighted by Gasteiger charge is 2.22. The van der Waals surface area contributed by atoms with Crippen molar-refractivity contribution in [2.75, 3.05) is 39.9 Å². The number of aliphatic hydroxyl groups is 1. The summed E-state index contributed by atoms with van der Waals surface area (Å²) < 4.78 is 5.32. The first-order chi connectivity index (χ1) is 7.03. The van der Waals surface area contributed by atoms with Gasteiger partial charge in [-0.25, -0.2) is 0 Å². The van der Waals surface area contributed by atoms with Crippen LogP contribution < -0.4 is 5.73 Å². The van der Waals surface area contributed by atoms with Crippen LogP contribution in [0.4, 0.5) is 0 Å². The first-order valence-corrected chi connectivity index (χ1v) is 5.72. The van der Waals surface area contributed by atoms with Crippen molar-refractivity contribution in [3.8, 4) is 0 Å². The summed E-state index contributed by atoms with van der Waals surface area (Å²) in [5.41, 5.74) is 4.73. The molecule has 0 aromatic rings. The summed E-state index contributed by atoms with van der Waals surface area (Å²) >= 11 is 0. The van der Waals surface area contributed by atoms with Crippen LogP contribution in [0.2, 0.25) is 0 Å². The summed E-state index contributed by atoms with van der Waals surface area (Å²) in [5.74, 6) is 0.706. The SMILES string of the molecule is CN(CC1CCOCC1)CC(C)(O)CN. The standard InChI is InChI=1S/C11H24N2O2/c1-11(14,8-12)9-13(2)7-10-3-5-15-6-4-10/h10,14H,3-9,12H2,1-2H3. The third-order valence-corrected chi connectivity index (χ3v) is 2.96. The molecule has 0 aromatic heterocycles. The molecule has 0 bridgehead atoms. The van der Waals surface area contributed by atoms with E-state index in [-0.39, 0.29) is 0 Å². The zero-order valence-electron chi connectivity index (χ0n) is 9.91. The first kappa shape index (κ1) is 12.9. The molecule has 0 amide bonds. The van der Waals surface area contributed by atoms with Crippen LogP contribution in [0.15, 0.2) is 0 Å². The molecular formula is C11H24N2O2. The second-order valence-corrected chi connectivity index (χ2v) is 4.95. The molecule has 4 heteroatoms. The van der Waals surface area contributed by atoms with Crippen LogP contribution in [0, 0.1) is 5.92 Å². The van der Waals surface area contributed by atoms with Crippen LogP contribution in [-0.2, 0) is 4.74 Å². The van der Waals surface area contributed by atoms with E-state index >= 15 is 0 Å². The largest absolute Gasteiger partial charge is 0.388 e. The van der Waals surface area contributed by atoms with Gasteiger partial charge in [-0.1, -0.05) is 0 Å². The average molecular weight is 216 g/mol. The van der Waals surface area contributed by atoms with Crippen LogP contribution in [0.3, 0.4) is 0 Å². The molecule has 15 heavy (non-hydrogen) atoms. The molecule has 1 aliphatic heterocycles. The van der Waals surface area contributed by atoms with E-state index in [1.165, 1.54) is 0 Å². The second-order valence-electron chi connectivity index (χ2n) is 4.95. The van der Waals surface area contributed by atoms with Crippen LogP contribution in [0.1, 0.15) is 19.8 Å². The number of hydrogen-bond donors (Lipinski definition) is 2. The fourth-order valence-electron chi connectivity index (χ4n) is 2.08. The molecule has 0 saturated carbocycles. The fourth-order valence-corrected chi connectivity index (χ4v) is 2.08. The Morgan fingerprint density at radius 2 is 2.07 bits per heavy atom. The quantitative estimate of drug-likeness (QED) is 0.682. The predicted octanol–water partition coefficient (Wildman–Crippen LogP) is 0.0545. The van der Waals surface area contributed by atoms with Gasteiger partial charge in [-0.15, -0.1) is 0 Å². The number of nitrogens with two attached hydrogens (primary N) is 1. The van der Waals surface area contributed by atoms with Crippen LogP contribution >= 0.6 is 0 Å². The molecule has 1 aliphatic rings. The third-order valence-electron chi connectivity index (χ3n) is 2.96. The third kappa shape index (κ3) is 4.93. The molecule has 0 spiro atoms. The molecule has 1 rings (SSSR count). The van der Waals surface area contributed by atoms with E-state index in [9.17, 15) is 5.11 Å². The molecule has 1 unspecified atom stereocenters. The molecule has 1 fully saturated rings. The highest BCUT2D eigenvalue weighted by molar-refractivity contribution is 4.78. The van der Waals surface area contributed by atoms with E-state index in [2.05, 4.69) is 4.90 Å². The molecule has 1 atom stereocenters. The summed E-state index contributed by atoms with van der Waals surface area (Å²) in [6, 6.07) is 0. The van der Waals surface area contributed by atoms with Gasteiger partial charge in [0.1, 0.15) is 0 Å². The van der Waals surface area contributed by atoms with Gasteiger partial charge in [-0.2, -0.15) is 0 Å². The Balaban J connectivity index is 2.25. The van der Waals surface area contributed by atoms with Crippen LogP contribution in [0.25, 0.3) is 0 Å². The number of hydrogen-bond acceptors (Lipinski definition) is 4. The lowest BCUT2D eigenvalue weighted by Gasteiger charge is -2.31. The normalized spacial score (nSPS) is 23.0. The van der Waals surface area contributed by atoms with E-state index in [1.54, 1.807) is 6.92 Å². The minimum Gasteiger partial charge on any atom is -0.388 e. The average Bonchev–Trinajstić information content (AvgIpc) is 2.18. The fraction of sp³-hybridized carbons (Fsp3) is 1.00. The number of ether oxygens (including phenoxy) is 1. The van der Waals surface area contributed by atoms with Gasteiger partial charge < -0.3 is 20.5 Å². The Hall–Kier alpha value is -0.160. The van der Waals surface area contributed by atoms with E-state index in [0.29, 0.717) is 19.0 Å². The van der Waals surface area contributed by atoms with Gasteiger partial charge in [0.2, 0.25) is 0 Å². The summed E-state index contributed by atoms with van der Waals surface area (Å²) in [6.45, 7) is 5.52. The Morgan fingerprint density at radius 3 is 2.60 bits per heavy atom. The van der Waals surface area contributed by atoms with Crippen LogP contribution in [0.5, 0.6) is 0 Å². The summed E-state index contributed by atoms with van der Waals surface area (Å²) in [6.07, 6.45) is 2.27. The van der Waals surface area contributed by atoms with E-state index in [0.717, 1.165) is 32.6 Å². The Labute approximate surface area is 92.4 Å². The zero-order chi connectivity index (χ0) is 11.3. The lowest BCUT2D eigenvalue weighted by molar-refractivity contribution is 0.0170. The Morgan fingerprint density at radius 1 is 1.47 bits per heavy atom. The molecule has 1 saturated heterocycles. The lowest BCUT2D eigenvalue weighted by Crippen LogP contribution is -2.46. The zero-order valence-corrected chi connectivity index (χ0v) is 9.91. The van der Waals surface area contributed by atoms with E-state index in [1.807, 2.05) is 7.05 Å². The maximum Gasteiger partial charge on any atom is 0.0867 e. The van der Waals surface area contributed by atoms with Crippen molar-refractivity contribution in [2.24, 2.45) is 11.7 Å². The summed E-state index contributed by atoms with van der Waals surface area (Å²) in [5, 5.41) is 9.83. The topological polar surface area (TPSA) is 58.7 Å². The van der Waals surface area contributed by atoms with E-state index < -0.39 is 5.60 Å². The van der Waals surface area contributed by atoms with Gasteiger partial charge in [0.15, 0.2) is 0 Å². The Kier molecular flexibility index (Phi) is 4.99. The van der Waals surface area contributed by atoms with E-state index in [4.69, 9.17) is 10.5 Å². The molecule has 0 radical (unpaired) electrons. The van der Waals surface area contributed by atoms with Crippen molar-refractivity contribution >= 4 is 0 Å². The van der Waals surface area contributed by atoms with Crippen molar-refractivity contribution in [2.45, 2.75) is 25.4 Å². The maximum absolute atomic E-state index is 9.83. The summed E-state index contributed by atoms with van der Waals surface area (Å²) in [4.78, 5) is 2.17. The monoisotopic (exact) mass is 216 g/mol. The second kappa shape index (κ2) is 5.80. The molecule has 3 N–H and O–H groups in total. The van der Waals surface area contributed by atoms with Gasteiger partial charge in [0.25, 0.3) is 0 Å². The van der Waals surface area contributed by atoms with Crippen molar-refractivity contribution in [3.63, 3.8) is 0 Å². The van der Waals surface area contributed by atoms with Crippen molar-refractivity contribution in [3.05, 3.63) is 0 Å². The van der Waals surface area contributed by atoms with Gasteiger partial charge >= 0.3 is 0 Å². The van der Waals surface area contributed by atoms with Gasteiger partial charge in [0.05, 0.1) is 5.60 Å². The number of rotatable bonds is 5. The smallest absolute Gasteiger partial charge is 0.0867 e. The molecule has 0 aliphatic carbocycles. The van der Waals surface area contributed by atoms with Crippen molar-refractivity contribution < 1.29 is 9.84 Å². The maximum atomic E-state index is 9.83. The molecule has 4 nitrogen and oxygen atoms in total. The minimum absolute atomic E-state index is 0.311. The Bertz CT molecular complexity index is 179. The van der Waals surface area contributed by atoms with Gasteiger partial charge in [0, 0.05) is 32.8 Å². The summed E-state index contributed by atoms with van der Waals surface area (Å²) in [7, 11) is 2.04. The molecular weight excluding hydrogens is 192 g/mol. The molecule has 1 heterocycles. The minimum atomic E-state index is -0.764. The van der Waals surface area contributed by atoms with Crippen molar-refractivity contribution in [1.29, 1.82) is 0 Å². The molecule has 0 aromatic carbocycles. The van der Waals surface area contributed by atoms with Gasteiger partial charge in [-0.05, 0) is 32.7 Å².